The molecule has 0 aromatic heterocycles. The van der Waals surface area contributed by atoms with E-state index in [9.17, 15) is 38.2 Å². The Hall–Kier alpha value is -1.16. The molecule has 1 rings (SSSR count). The highest BCUT2D eigenvalue weighted by Gasteiger charge is 2.48. The van der Waals surface area contributed by atoms with Crippen LogP contribution in [-0.2, 0) is 28.9 Å². The maximum atomic E-state index is 13.1. The van der Waals surface area contributed by atoms with E-state index in [0.29, 0.717) is 6.42 Å². The average Bonchev–Trinajstić information content (AvgIpc) is 3.32. The Kier molecular flexibility index (Phi) is 44.5. The Balaban J connectivity index is 2.37. The van der Waals surface area contributed by atoms with Gasteiger partial charge in [0.1, 0.15) is 24.4 Å². The second kappa shape index (κ2) is 46.6. The number of carbonyl (C=O) groups excluding carboxylic acids is 1. The van der Waals surface area contributed by atoms with E-state index in [4.69, 9.17) is 9.47 Å². The number of rotatable bonds is 51. The Morgan fingerprint density at radius 1 is 0.565 bits per heavy atom. The molecule has 1 aliphatic rings. The van der Waals surface area contributed by atoms with Gasteiger partial charge < -0.3 is 35.2 Å². The minimum atomic E-state index is -5.09. The second-order valence-electron chi connectivity index (χ2n) is 20.6. The summed E-state index contributed by atoms with van der Waals surface area (Å²) < 4.78 is 47.8. The van der Waals surface area contributed by atoms with Crippen LogP contribution in [0.1, 0.15) is 284 Å². The number of ether oxygens (including phenoxy) is 2. The number of carbonyl (C=O) groups is 1. The largest absolute Gasteiger partial charge is 0.397 e. The van der Waals surface area contributed by atoms with E-state index < -0.39 is 59.9 Å². The molecule has 6 N–H and O–H groups in total. The molecular weight excluding hydrogens is 895 g/mol. The van der Waals surface area contributed by atoms with Gasteiger partial charge in [0.2, 0.25) is 5.91 Å². The van der Waals surface area contributed by atoms with Crippen LogP contribution in [0.3, 0.4) is 0 Å². The standard InChI is InChI=1S/C56H109NO11S/c1-3-5-7-9-11-13-15-17-19-21-23-24-25-26-27-28-29-31-33-35-37-39-41-43-45-50(59)49(48-66-56-54(62)55(68-69(63,64)65)53(61)51(47-58)67-56)57-52(60)46-44-42-40-38-36-34-32-30-22-20-18-16-14-12-10-8-6-4-2/h43,45,49-51,53-56,58-59,61-62H,3-42,44,46-48H2,1-2H3,(H,57,60)(H,63,64,65)/b45-43+. The van der Waals surface area contributed by atoms with Crippen LogP contribution in [-0.4, -0.2) is 95.4 Å². The summed E-state index contributed by atoms with van der Waals surface area (Å²) >= 11 is 0. The molecule has 12 nitrogen and oxygen atoms in total. The molecule has 0 spiro atoms. The maximum Gasteiger partial charge on any atom is 0.397 e. The van der Waals surface area contributed by atoms with Gasteiger partial charge in [-0.1, -0.05) is 270 Å². The fraction of sp³-hybridized carbons (Fsp3) is 0.946. The summed E-state index contributed by atoms with van der Waals surface area (Å²) in [7, 11) is -5.09. The molecule has 0 saturated carbocycles. The Bertz CT molecular complexity index is 1270. The number of hydrogen-bond acceptors (Lipinski definition) is 10. The number of nitrogens with one attached hydrogen (secondary N) is 1. The molecule has 0 radical (unpaired) electrons. The van der Waals surface area contributed by atoms with Crippen molar-refractivity contribution in [1.29, 1.82) is 0 Å². The van der Waals surface area contributed by atoms with Gasteiger partial charge in [0.15, 0.2) is 6.29 Å². The highest BCUT2D eigenvalue weighted by molar-refractivity contribution is 7.80. The van der Waals surface area contributed by atoms with Crippen molar-refractivity contribution in [2.75, 3.05) is 13.2 Å². The molecule has 1 amide bonds. The molecule has 0 aliphatic carbocycles. The van der Waals surface area contributed by atoms with Crippen LogP contribution in [0.4, 0.5) is 0 Å². The van der Waals surface area contributed by atoms with Crippen molar-refractivity contribution in [2.24, 2.45) is 0 Å². The van der Waals surface area contributed by atoms with Crippen molar-refractivity contribution >= 4 is 16.3 Å². The van der Waals surface area contributed by atoms with Gasteiger partial charge in [-0.15, -0.1) is 0 Å². The SMILES string of the molecule is CCCCCCCCCCCCCCCCCCCCCCCC/C=C/C(O)C(COC1OC(CO)C(O)C(OS(=O)(=O)O)C1O)NC(=O)CCCCCCCCCCCCCCCCCCCC. The number of hydrogen-bond donors (Lipinski definition) is 6. The zero-order valence-electron chi connectivity index (χ0n) is 44.4. The van der Waals surface area contributed by atoms with Crippen molar-refractivity contribution in [3.05, 3.63) is 12.2 Å². The molecule has 1 saturated heterocycles. The van der Waals surface area contributed by atoms with Gasteiger partial charge in [0.05, 0.1) is 25.4 Å². The number of allylic oxidation sites excluding steroid dienone is 1. The average molecular weight is 1000 g/mol. The molecule has 0 aromatic rings. The Morgan fingerprint density at radius 2 is 0.913 bits per heavy atom. The van der Waals surface area contributed by atoms with E-state index >= 15 is 0 Å². The molecule has 0 aromatic carbocycles. The lowest BCUT2D eigenvalue weighted by atomic mass is 9.99. The zero-order valence-corrected chi connectivity index (χ0v) is 45.2. The molecule has 7 atom stereocenters. The van der Waals surface area contributed by atoms with Crippen molar-refractivity contribution in [3.63, 3.8) is 0 Å². The highest BCUT2D eigenvalue weighted by atomic mass is 32.3. The lowest BCUT2D eigenvalue weighted by Gasteiger charge is -2.41. The minimum Gasteiger partial charge on any atom is -0.394 e. The second-order valence-corrected chi connectivity index (χ2v) is 21.6. The fourth-order valence-corrected chi connectivity index (χ4v) is 10.1. The van der Waals surface area contributed by atoms with E-state index in [2.05, 4.69) is 23.3 Å². The summed E-state index contributed by atoms with van der Waals surface area (Å²) in [5.41, 5.74) is 0. The van der Waals surface area contributed by atoms with Crippen molar-refractivity contribution in [1.82, 2.24) is 5.32 Å². The third kappa shape index (κ3) is 39.0. The van der Waals surface area contributed by atoms with Crippen LogP contribution < -0.4 is 5.32 Å². The summed E-state index contributed by atoms with van der Waals surface area (Å²) in [4.78, 5) is 13.1. The molecule has 1 fully saturated rings. The van der Waals surface area contributed by atoms with Gasteiger partial charge in [0.25, 0.3) is 0 Å². The Labute approximate surface area is 423 Å². The third-order valence-corrected chi connectivity index (χ3v) is 14.5. The predicted octanol–water partition coefficient (Wildman–Crippen LogP) is 13.5. The monoisotopic (exact) mass is 1000 g/mol. The van der Waals surface area contributed by atoms with E-state index in [-0.39, 0.29) is 18.9 Å². The molecule has 410 valence electrons. The van der Waals surface area contributed by atoms with Gasteiger partial charge in [-0.25, -0.2) is 4.18 Å². The first-order valence-electron chi connectivity index (χ1n) is 29.1. The van der Waals surface area contributed by atoms with Crippen LogP contribution in [0.15, 0.2) is 12.2 Å². The van der Waals surface area contributed by atoms with Crippen LogP contribution >= 0.6 is 0 Å². The first kappa shape index (κ1) is 65.9. The Morgan fingerprint density at radius 3 is 1.26 bits per heavy atom. The van der Waals surface area contributed by atoms with Gasteiger partial charge in [0, 0.05) is 6.42 Å². The van der Waals surface area contributed by atoms with Crippen LogP contribution in [0.5, 0.6) is 0 Å². The highest BCUT2D eigenvalue weighted by Crippen LogP contribution is 2.26. The van der Waals surface area contributed by atoms with Crippen LogP contribution in [0.25, 0.3) is 0 Å². The summed E-state index contributed by atoms with van der Waals surface area (Å²) in [6, 6.07) is -0.940. The normalized spacial score (nSPS) is 19.7. The molecule has 1 heterocycles. The number of amides is 1. The van der Waals surface area contributed by atoms with Crippen molar-refractivity contribution in [2.45, 2.75) is 326 Å². The lowest BCUT2D eigenvalue weighted by Crippen LogP contribution is -2.61. The minimum absolute atomic E-state index is 0.256. The van der Waals surface area contributed by atoms with E-state index in [0.717, 1.165) is 38.5 Å². The number of unbranched alkanes of at least 4 members (excludes halogenated alkanes) is 39. The molecule has 0 bridgehead atoms. The van der Waals surface area contributed by atoms with Crippen molar-refractivity contribution in [3.8, 4) is 0 Å². The van der Waals surface area contributed by atoms with Gasteiger partial charge >= 0.3 is 10.4 Å². The van der Waals surface area contributed by atoms with Crippen molar-refractivity contribution < 1.29 is 51.8 Å². The van der Waals surface area contributed by atoms with Gasteiger partial charge in [-0.2, -0.15) is 8.42 Å². The fourth-order valence-electron chi connectivity index (χ4n) is 9.58. The van der Waals surface area contributed by atoms with E-state index in [1.165, 1.54) is 218 Å². The summed E-state index contributed by atoms with van der Waals surface area (Å²) in [6.07, 6.45) is 46.8. The molecule has 13 heteroatoms. The molecule has 69 heavy (non-hydrogen) atoms. The smallest absolute Gasteiger partial charge is 0.394 e. The zero-order chi connectivity index (χ0) is 50.5. The first-order valence-corrected chi connectivity index (χ1v) is 30.4. The van der Waals surface area contributed by atoms with E-state index in [1.54, 1.807) is 6.08 Å². The van der Waals surface area contributed by atoms with Crippen LogP contribution in [0.2, 0.25) is 0 Å². The predicted molar refractivity (Wildman–Crippen MR) is 282 cm³/mol. The molecule has 1 aliphatic heterocycles. The number of aliphatic hydroxyl groups is 4. The summed E-state index contributed by atoms with van der Waals surface area (Å²) in [5, 5.41) is 45.0. The van der Waals surface area contributed by atoms with E-state index in [1.807, 2.05) is 6.08 Å². The first-order chi connectivity index (χ1) is 33.5. The van der Waals surface area contributed by atoms with Crippen LogP contribution in [0, 0.1) is 0 Å². The lowest BCUT2D eigenvalue weighted by molar-refractivity contribution is -0.298. The summed E-state index contributed by atoms with van der Waals surface area (Å²) in [5.74, 6) is -0.256. The number of aliphatic hydroxyl groups excluding tert-OH is 4. The third-order valence-electron chi connectivity index (χ3n) is 14.1. The molecular formula is C56H109NO11S. The van der Waals surface area contributed by atoms with Gasteiger partial charge in [-0.05, 0) is 19.3 Å². The quantitative estimate of drug-likeness (QED) is 0.0193. The topological polar surface area (TPSA) is 192 Å². The molecule has 7 unspecified atom stereocenters. The van der Waals surface area contributed by atoms with Gasteiger partial charge in [-0.3, -0.25) is 9.35 Å². The summed E-state index contributed by atoms with van der Waals surface area (Å²) in [6.45, 7) is 3.44. The maximum absolute atomic E-state index is 13.1.